The van der Waals surface area contributed by atoms with Gasteiger partial charge < -0.3 is 29.0 Å². The molecule has 5 aliphatic heterocycles. The fourth-order valence-corrected chi connectivity index (χ4v) is 12.2. The van der Waals surface area contributed by atoms with Crippen molar-refractivity contribution in [2.75, 3.05) is 37.9 Å². The van der Waals surface area contributed by atoms with E-state index in [-0.39, 0.29) is 43.6 Å². The third kappa shape index (κ3) is 8.90. The second-order valence-corrected chi connectivity index (χ2v) is 20.2. The minimum Gasteiger partial charge on any atom is -0.508 e. The summed E-state index contributed by atoms with van der Waals surface area (Å²) in [5.41, 5.74) is 3.09. The number of morpholine rings is 1. The summed E-state index contributed by atoms with van der Waals surface area (Å²) in [7, 11) is 0. The number of nitro benzene ring substituents is 1. The molecule has 1 aliphatic carbocycles. The van der Waals surface area contributed by atoms with Crippen LogP contribution in [0.4, 0.5) is 16.2 Å². The van der Waals surface area contributed by atoms with E-state index in [1.165, 1.54) is 36.4 Å². The number of hydrogen-bond donors (Lipinski definition) is 1. The largest absolute Gasteiger partial charge is 0.508 e. The van der Waals surface area contributed by atoms with E-state index >= 15 is 19.2 Å². The minimum absolute atomic E-state index is 0.0485. The zero-order valence-corrected chi connectivity index (χ0v) is 41.9. The first-order valence-corrected chi connectivity index (χ1v) is 25.9. The molecule has 0 bridgehead atoms. The van der Waals surface area contributed by atoms with Crippen LogP contribution in [-0.2, 0) is 42.4 Å². The van der Waals surface area contributed by atoms with Gasteiger partial charge in [0.25, 0.3) is 5.69 Å². The quantitative estimate of drug-likeness (QED) is 0.0627. The van der Waals surface area contributed by atoms with Crippen molar-refractivity contribution in [1.82, 2.24) is 14.7 Å². The fraction of sp³-hybridized carbons (Fsp3) is 0.279. The number of anilines is 1. The lowest BCUT2D eigenvalue weighted by Crippen LogP contribution is -2.59. The molecule has 5 heterocycles. The van der Waals surface area contributed by atoms with Crippen molar-refractivity contribution in [3.05, 3.63) is 206 Å². The van der Waals surface area contributed by atoms with E-state index in [9.17, 15) is 15.2 Å². The van der Waals surface area contributed by atoms with Gasteiger partial charge in [-0.1, -0.05) is 96.8 Å². The molecule has 6 atom stereocenters. The number of nitrogens with zero attached hydrogens (tertiary/aromatic N) is 5. The molecule has 388 valence electrons. The van der Waals surface area contributed by atoms with Gasteiger partial charge in [-0.15, -0.1) is 0 Å². The van der Waals surface area contributed by atoms with Crippen LogP contribution in [0.15, 0.2) is 157 Å². The molecule has 77 heavy (non-hydrogen) atoms. The lowest BCUT2D eigenvalue weighted by molar-refractivity contribution is -0.384. The maximum Gasteiger partial charge on any atom is 0.421 e. The van der Waals surface area contributed by atoms with Gasteiger partial charge in [0.1, 0.15) is 29.9 Å². The number of esters is 1. The number of carbonyl (C=O) groups is 4. The summed E-state index contributed by atoms with van der Waals surface area (Å²) in [6, 6.07) is 38.4. The number of hydrogen-bond acceptors (Lipinski definition) is 13. The summed E-state index contributed by atoms with van der Waals surface area (Å²) in [4.78, 5) is 81.8. The van der Waals surface area contributed by atoms with Gasteiger partial charge in [0, 0.05) is 50.4 Å². The maximum atomic E-state index is 16.8. The molecule has 6 aromatic carbocycles. The Bertz CT molecular complexity index is 3390. The second kappa shape index (κ2) is 20.4. The van der Waals surface area contributed by atoms with E-state index in [0.29, 0.717) is 59.0 Å². The van der Waals surface area contributed by atoms with E-state index in [1.807, 2.05) is 83.8 Å². The Hall–Kier alpha value is -8.78. The zero-order valence-electron chi connectivity index (χ0n) is 41.9. The Kier molecular flexibility index (Phi) is 13.0. The topological polar surface area (TPSA) is 182 Å². The molecule has 0 unspecified atom stereocenters. The standard InChI is InChI=1S/C61H53N5O11/c67-47-26-22-45(23-27-47)56-61(48-34-40(17-16-39-10-4-1-5-11-39)20-28-49(48)64(59(61)70)60(71)74-37-41-18-24-46(25-19-41)66(72)73)52(57(68)63-32-30-62(31-33-63)36-42-21-29-50-51(35-42)76-38-75-50)54-58(69)77-55(44-14-8-3-9-15-44)53(65(54)56)43-12-6-2-7-13-43/h2-3,6-10,12-15,18-29,34-35,52-56,67H,1,4-5,11,30-33,36-38H2/t52-,53-,54-,55+,56+,61-/m0/s1. The van der Waals surface area contributed by atoms with Gasteiger partial charge >= 0.3 is 12.1 Å². The predicted octanol–water partition coefficient (Wildman–Crippen LogP) is 9.23. The van der Waals surface area contributed by atoms with Crippen molar-refractivity contribution in [1.29, 1.82) is 0 Å². The number of aromatic hydroxyl groups is 1. The summed E-state index contributed by atoms with van der Waals surface area (Å²) in [6.45, 7) is 1.80. The molecule has 3 fully saturated rings. The number of nitro groups is 1. The van der Waals surface area contributed by atoms with Crippen LogP contribution in [0.25, 0.3) is 0 Å². The van der Waals surface area contributed by atoms with Crippen LogP contribution in [0.2, 0.25) is 0 Å². The third-order valence-corrected chi connectivity index (χ3v) is 15.8. The maximum absolute atomic E-state index is 16.8. The molecule has 3 amide bonds. The first-order chi connectivity index (χ1) is 37.6. The summed E-state index contributed by atoms with van der Waals surface area (Å²) in [5, 5.41) is 22.4. The number of phenolic OH excluding ortho intramolecular Hbond substituents is 1. The van der Waals surface area contributed by atoms with E-state index in [4.69, 9.17) is 18.9 Å². The van der Waals surface area contributed by atoms with Crippen molar-refractivity contribution in [3.8, 4) is 29.1 Å². The molecule has 1 N–H and O–H groups in total. The van der Waals surface area contributed by atoms with Gasteiger partial charge in [-0.2, -0.15) is 0 Å². The Morgan fingerprint density at radius 2 is 1.47 bits per heavy atom. The fourth-order valence-electron chi connectivity index (χ4n) is 12.2. The van der Waals surface area contributed by atoms with E-state index in [1.54, 1.807) is 35.2 Å². The first-order valence-electron chi connectivity index (χ1n) is 25.9. The van der Waals surface area contributed by atoms with Gasteiger partial charge in [-0.3, -0.25) is 34.3 Å². The van der Waals surface area contributed by atoms with Crippen LogP contribution < -0.4 is 14.4 Å². The van der Waals surface area contributed by atoms with Gasteiger partial charge in [-0.05, 0) is 119 Å². The molecule has 16 nitrogen and oxygen atoms in total. The lowest BCUT2D eigenvalue weighted by Gasteiger charge is -2.46. The van der Waals surface area contributed by atoms with Crippen LogP contribution in [0.5, 0.6) is 17.2 Å². The van der Waals surface area contributed by atoms with E-state index in [2.05, 4.69) is 22.8 Å². The molecule has 6 aromatic rings. The smallest absolute Gasteiger partial charge is 0.421 e. The number of benzene rings is 6. The van der Waals surface area contributed by atoms with Crippen LogP contribution in [0.1, 0.15) is 82.8 Å². The zero-order chi connectivity index (χ0) is 52.8. The minimum atomic E-state index is -2.07. The highest BCUT2D eigenvalue weighted by atomic mass is 16.7. The van der Waals surface area contributed by atoms with Crippen molar-refractivity contribution in [2.45, 2.75) is 68.5 Å². The van der Waals surface area contributed by atoms with E-state index in [0.717, 1.165) is 47.3 Å². The Labute approximate surface area is 444 Å². The molecule has 0 saturated carbocycles. The summed E-state index contributed by atoms with van der Waals surface area (Å²) >= 11 is 0. The number of non-ortho nitro benzene ring substituents is 1. The van der Waals surface area contributed by atoms with Crippen LogP contribution >= 0.6 is 0 Å². The Balaban J connectivity index is 1.04. The number of allylic oxidation sites excluding steroid dienone is 2. The number of phenols is 1. The molecule has 6 aliphatic rings. The molecule has 0 aromatic heterocycles. The number of cyclic esters (lactones) is 1. The summed E-state index contributed by atoms with van der Waals surface area (Å²) in [6.07, 6.45) is 3.95. The van der Waals surface area contributed by atoms with Crippen molar-refractivity contribution in [2.24, 2.45) is 5.92 Å². The number of ether oxygens (including phenoxy) is 4. The highest BCUT2D eigenvalue weighted by Crippen LogP contribution is 2.66. The summed E-state index contributed by atoms with van der Waals surface area (Å²) in [5.74, 6) is 4.49. The molecule has 12 rings (SSSR count). The number of piperazine rings is 1. The highest BCUT2D eigenvalue weighted by molar-refractivity contribution is 6.23. The van der Waals surface area contributed by atoms with Crippen LogP contribution in [-0.4, -0.2) is 87.6 Å². The van der Waals surface area contributed by atoms with E-state index < -0.39 is 64.4 Å². The van der Waals surface area contributed by atoms with Crippen molar-refractivity contribution >= 4 is 35.3 Å². The first kappa shape index (κ1) is 49.1. The Morgan fingerprint density at radius 1 is 0.753 bits per heavy atom. The molecule has 1 spiro atoms. The number of rotatable bonds is 9. The van der Waals surface area contributed by atoms with Gasteiger partial charge in [0.2, 0.25) is 18.6 Å². The molecule has 0 radical (unpaired) electrons. The average Bonchev–Trinajstić information content (AvgIpc) is 4.35. The van der Waals surface area contributed by atoms with Crippen molar-refractivity contribution in [3.63, 3.8) is 0 Å². The molecular weight excluding hydrogens is 979 g/mol. The molecular formula is C61H53N5O11. The van der Waals surface area contributed by atoms with Crippen LogP contribution in [0.3, 0.4) is 0 Å². The highest BCUT2D eigenvalue weighted by Gasteiger charge is 2.76. The predicted molar refractivity (Wildman–Crippen MR) is 281 cm³/mol. The second-order valence-electron chi connectivity index (χ2n) is 20.2. The number of carbonyl (C=O) groups excluding carboxylic acids is 4. The summed E-state index contributed by atoms with van der Waals surface area (Å²) < 4.78 is 23.8. The van der Waals surface area contributed by atoms with Crippen molar-refractivity contribution < 1.29 is 48.2 Å². The number of amides is 3. The number of fused-ring (bicyclic) bond motifs is 4. The lowest BCUT2D eigenvalue weighted by atomic mass is 9.64. The van der Waals surface area contributed by atoms with Crippen LogP contribution in [0, 0.1) is 27.9 Å². The molecule has 16 heteroatoms. The van der Waals surface area contributed by atoms with Gasteiger partial charge in [-0.25, -0.2) is 9.69 Å². The Morgan fingerprint density at radius 3 is 2.18 bits per heavy atom. The molecule has 3 saturated heterocycles. The monoisotopic (exact) mass is 1030 g/mol. The average molecular weight is 1030 g/mol. The van der Waals surface area contributed by atoms with Gasteiger partial charge in [0.05, 0.1) is 28.6 Å². The third-order valence-electron chi connectivity index (χ3n) is 15.8. The number of imide groups is 1. The van der Waals surface area contributed by atoms with Gasteiger partial charge in [0.15, 0.2) is 11.5 Å². The SMILES string of the molecule is O=C1O[C@H](c2ccccc2)[C@H](c2ccccc2)N2[C@H]1[C@@H](C(=O)N1CCN(Cc3ccc4c(c3)OCO4)CC1)[C@]1(C(=O)N(C(=O)OCc3ccc([N+](=O)[O-])cc3)c3ccc(C#CC4=CCCCC4)cc31)[C@H]2c1ccc(O)cc1. The normalized spacial score (nSPS) is 23.6.